The molecule has 0 spiro atoms. The van der Waals surface area contributed by atoms with Crippen LogP contribution in [0.25, 0.3) is 0 Å². The number of carbonyl (C=O) groups excluding carboxylic acids is 1. The molecule has 2 aromatic rings. The molecular formula is C29H34N2O4S. The summed E-state index contributed by atoms with van der Waals surface area (Å²) in [6, 6.07) is 12.9. The molecule has 4 fully saturated rings. The van der Waals surface area contributed by atoms with Gasteiger partial charge in [-0.25, -0.2) is 8.42 Å². The third-order valence-corrected chi connectivity index (χ3v) is 11.2. The van der Waals surface area contributed by atoms with E-state index >= 15 is 0 Å². The van der Waals surface area contributed by atoms with Gasteiger partial charge in [0.05, 0.1) is 11.5 Å². The number of hydrogen-bond donors (Lipinski definition) is 0. The van der Waals surface area contributed by atoms with Crippen LogP contribution in [-0.2, 0) is 27.8 Å². The number of aryl methyl sites for hydroxylation is 1. The van der Waals surface area contributed by atoms with Gasteiger partial charge in [0.25, 0.3) is 0 Å². The first kappa shape index (κ1) is 22.8. The second kappa shape index (κ2) is 8.32. The van der Waals surface area contributed by atoms with E-state index < -0.39 is 16.1 Å². The zero-order valence-corrected chi connectivity index (χ0v) is 21.6. The predicted octanol–water partition coefficient (Wildman–Crippen LogP) is 4.30. The molecule has 0 N–H and O–H groups in total. The average Bonchev–Trinajstić information content (AvgIpc) is 3.73. The first-order valence-electron chi connectivity index (χ1n) is 13.5. The van der Waals surface area contributed by atoms with Crippen molar-refractivity contribution in [3.05, 3.63) is 59.2 Å². The summed E-state index contributed by atoms with van der Waals surface area (Å²) in [5.74, 6) is 2.78. The van der Waals surface area contributed by atoms with E-state index in [-0.39, 0.29) is 18.0 Å². The molecule has 3 saturated carbocycles. The van der Waals surface area contributed by atoms with Crippen LogP contribution in [0.1, 0.15) is 55.2 Å². The summed E-state index contributed by atoms with van der Waals surface area (Å²) >= 11 is 0. The Morgan fingerprint density at radius 2 is 1.83 bits per heavy atom. The number of sulfonamides is 1. The maximum Gasteiger partial charge on any atom is 0.244 e. The van der Waals surface area contributed by atoms with E-state index in [0.29, 0.717) is 30.4 Å². The van der Waals surface area contributed by atoms with Crippen molar-refractivity contribution < 1.29 is 17.9 Å². The van der Waals surface area contributed by atoms with Crippen molar-refractivity contribution >= 4 is 15.9 Å². The fourth-order valence-electron chi connectivity index (χ4n) is 7.00. The van der Waals surface area contributed by atoms with Crippen LogP contribution >= 0.6 is 0 Å². The van der Waals surface area contributed by atoms with Gasteiger partial charge in [0.15, 0.2) is 0 Å². The van der Waals surface area contributed by atoms with E-state index in [1.807, 2.05) is 24.0 Å². The van der Waals surface area contributed by atoms with E-state index in [9.17, 15) is 13.2 Å². The van der Waals surface area contributed by atoms with Gasteiger partial charge in [0.2, 0.25) is 15.9 Å². The molecule has 0 bridgehead atoms. The highest BCUT2D eigenvalue weighted by molar-refractivity contribution is 7.89. The molecule has 7 heteroatoms. The number of ether oxygens (including phenoxy) is 1. The molecule has 7 rings (SSSR count). The fraction of sp³-hybridized carbons (Fsp3) is 0.552. The van der Waals surface area contributed by atoms with Gasteiger partial charge in [-0.05, 0) is 92.5 Å². The van der Waals surface area contributed by atoms with E-state index in [4.69, 9.17) is 4.74 Å². The van der Waals surface area contributed by atoms with Crippen LogP contribution in [0.2, 0.25) is 0 Å². The Labute approximate surface area is 213 Å². The highest BCUT2D eigenvalue weighted by Crippen LogP contribution is 2.53. The van der Waals surface area contributed by atoms with Crippen molar-refractivity contribution in [2.45, 2.75) is 81.4 Å². The van der Waals surface area contributed by atoms with E-state index in [0.717, 1.165) is 54.4 Å². The lowest BCUT2D eigenvalue weighted by Crippen LogP contribution is -2.52. The molecule has 2 aromatic carbocycles. The van der Waals surface area contributed by atoms with Crippen molar-refractivity contribution in [1.82, 2.24) is 9.21 Å². The first-order chi connectivity index (χ1) is 17.4. The van der Waals surface area contributed by atoms with E-state index in [2.05, 4.69) is 18.2 Å². The zero-order valence-electron chi connectivity index (χ0n) is 20.8. The number of carbonyl (C=O) groups is 1. The van der Waals surface area contributed by atoms with Crippen LogP contribution in [0.5, 0.6) is 5.75 Å². The average molecular weight is 507 g/mol. The molecule has 6 nitrogen and oxygen atoms in total. The number of benzene rings is 2. The molecule has 6 atom stereocenters. The van der Waals surface area contributed by atoms with E-state index in [1.165, 1.54) is 18.4 Å². The maximum absolute atomic E-state index is 14.3. The van der Waals surface area contributed by atoms with E-state index in [1.54, 1.807) is 16.4 Å². The summed E-state index contributed by atoms with van der Waals surface area (Å²) in [7, 11) is -3.74. The van der Waals surface area contributed by atoms with Gasteiger partial charge in [-0.15, -0.1) is 0 Å². The molecule has 2 heterocycles. The lowest BCUT2D eigenvalue weighted by atomic mass is 9.93. The number of nitrogens with zero attached hydrogens (tertiary/aromatic N) is 2. The van der Waals surface area contributed by atoms with Gasteiger partial charge in [0.1, 0.15) is 11.8 Å². The Balaban J connectivity index is 1.20. The molecule has 0 aromatic heterocycles. The summed E-state index contributed by atoms with van der Waals surface area (Å²) in [5.41, 5.74) is 3.31. The number of fused-ring (bicyclic) bond motifs is 3. The zero-order chi connectivity index (χ0) is 24.6. The highest BCUT2D eigenvalue weighted by Gasteiger charge is 2.60. The van der Waals surface area contributed by atoms with Crippen molar-refractivity contribution in [3.8, 4) is 5.75 Å². The summed E-state index contributed by atoms with van der Waals surface area (Å²) in [5, 5.41) is 0. The topological polar surface area (TPSA) is 66.9 Å². The SMILES string of the molecule is Cc1ccc(S(=O)(=O)N2[C@@H]3C[C@@H]3C[C@H]2C(=O)N(Cc2ccc3c(c2)OCC3)C2CCC3CC3C2)cc1. The Morgan fingerprint density at radius 3 is 2.64 bits per heavy atom. The standard InChI is InChI=1S/C29H34N2O4S/c1-18-2-8-25(9-3-18)36(33,34)31-26-15-23(26)16-27(31)29(32)30(24-7-6-21-13-22(21)14-24)17-19-4-5-20-10-11-35-28(20)12-19/h2-5,8-9,12,21-24,26-27H,6-7,10-11,13-17H2,1H3/t21?,22?,23-,24?,26-,27+/m1/s1. The molecule has 190 valence electrons. The predicted molar refractivity (Wildman–Crippen MR) is 136 cm³/mol. The third-order valence-electron chi connectivity index (χ3n) is 9.28. The molecule has 36 heavy (non-hydrogen) atoms. The minimum absolute atomic E-state index is 0.0107. The van der Waals surface area contributed by atoms with Crippen LogP contribution in [0, 0.1) is 24.7 Å². The van der Waals surface area contributed by atoms with Gasteiger partial charge in [-0.2, -0.15) is 4.31 Å². The van der Waals surface area contributed by atoms with Gasteiger partial charge in [-0.1, -0.05) is 29.8 Å². The van der Waals surface area contributed by atoms with Gasteiger partial charge >= 0.3 is 0 Å². The van der Waals surface area contributed by atoms with Crippen molar-refractivity contribution in [3.63, 3.8) is 0 Å². The second-order valence-corrected chi connectivity index (χ2v) is 13.5. The summed E-state index contributed by atoms with van der Waals surface area (Å²) in [6.45, 7) is 3.18. The molecule has 1 amide bonds. The molecular weight excluding hydrogens is 472 g/mol. The second-order valence-electron chi connectivity index (χ2n) is 11.7. The first-order valence-corrected chi connectivity index (χ1v) is 15.0. The number of amides is 1. The molecule has 1 saturated heterocycles. The Bertz CT molecular complexity index is 1310. The van der Waals surface area contributed by atoms with Crippen LogP contribution in [0.4, 0.5) is 0 Å². The summed E-state index contributed by atoms with van der Waals surface area (Å²) < 4.78 is 34.9. The lowest BCUT2D eigenvalue weighted by molar-refractivity contribution is -0.139. The smallest absolute Gasteiger partial charge is 0.244 e. The minimum atomic E-state index is -3.74. The molecule has 3 unspecified atom stereocenters. The largest absolute Gasteiger partial charge is 0.493 e. The van der Waals surface area contributed by atoms with Gasteiger partial charge < -0.3 is 9.64 Å². The molecule has 5 aliphatic rings. The lowest BCUT2D eigenvalue weighted by Gasteiger charge is -2.38. The Hall–Kier alpha value is -2.38. The fourth-order valence-corrected chi connectivity index (χ4v) is 8.85. The number of hydrogen-bond acceptors (Lipinski definition) is 4. The van der Waals surface area contributed by atoms with Crippen LogP contribution in [-0.4, -0.2) is 48.3 Å². The maximum atomic E-state index is 14.3. The van der Waals surface area contributed by atoms with Crippen LogP contribution in [0.15, 0.2) is 47.4 Å². The van der Waals surface area contributed by atoms with Crippen LogP contribution < -0.4 is 4.74 Å². The minimum Gasteiger partial charge on any atom is -0.493 e. The summed E-state index contributed by atoms with van der Waals surface area (Å²) in [4.78, 5) is 16.6. The van der Waals surface area contributed by atoms with Gasteiger partial charge in [0, 0.05) is 25.0 Å². The normalized spacial score (nSPS) is 32.2. The Morgan fingerprint density at radius 1 is 1.00 bits per heavy atom. The Kier molecular flexibility index (Phi) is 5.27. The monoisotopic (exact) mass is 506 g/mol. The van der Waals surface area contributed by atoms with Crippen molar-refractivity contribution in [1.29, 1.82) is 0 Å². The number of rotatable bonds is 6. The molecule has 2 aliphatic heterocycles. The van der Waals surface area contributed by atoms with Crippen LogP contribution in [0.3, 0.4) is 0 Å². The highest BCUT2D eigenvalue weighted by atomic mass is 32.2. The quantitative estimate of drug-likeness (QED) is 0.586. The number of piperidine rings is 1. The molecule has 0 radical (unpaired) electrons. The van der Waals surface area contributed by atoms with Gasteiger partial charge in [-0.3, -0.25) is 4.79 Å². The van der Waals surface area contributed by atoms with Crippen molar-refractivity contribution in [2.75, 3.05) is 6.61 Å². The third kappa shape index (κ3) is 3.86. The molecule has 3 aliphatic carbocycles. The summed E-state index contributed by atoms with van der Waals surface area (Å²) in [6.07, 6.45) is 6.95. The van der Waals surface area contributed by atoms with Crippen molar-refractivity contribution in [2.24, 2.45) is 17.8 Å².